The maximum Gasteiger partial charge on any atom is 0.305 e. The highest BCUT2D eigenvalue weighted by molar-refractivity contribution is 5.68. The van der Waals surface area contributed by atoms with Gasteiger partial charge >= 0.3 is 5.97 Å². The van der Waals surface area contributed by atoms with E-state index < -0.39 is 0 Å². The monoisotopic (exact) mass is 229 g/mol. The van der Waals surface area contributed by atoms with Crippen LogP contribution in [0, 0.1) is 0 Å². The molecule has 0 atom stereocenters. The molecule has 4 nitrogen and oxygen atoms in total. The predicted octanol–water partition coefficient (Wildman–Crippen LogP) is 1.62. The van der Waals surface area contributed by atoms with Gasteiger partial charge in [-0.1, -0.05) is 19.3 Å². The summed E-state index contributed by atoms with van der Waals surface area (Å²) >= 11 is 0. The Morgan fingerprint density at radius 1 is 1.31 bits per heavy atom. The molecule has 0 radical (unpaired) electrons. The minimum atomic E-state index is -0.177. The van der Waals surface area contributed by atoms with Crippen LogP contribution in [0.3, 0.4) is 0 Å². The van der Waals surface area contributed by atoms with Crippen LogP contribution in [0.2, 0.25) is 0 Å². The van der Waals surface area contributed by atoms with Crippen molar-refractivity contribution in [3.05, 3.63) is 0 Å². The molecule has 1 fully saturated rings. The molecule has 94 valence electrons. The van der Waals surface area contributed by atoms with E-state index in [9.17, 15) is 4.79 Å². The fraction of sp³-hybridized carbons (Fsp3) is 0.917. The molecule has 0 heterocycles. The van der Waals surface area contributed by atoms with Crippen LogP contribution in [-0.4, -0.2) is 31.8 Å². The van der Waals surface area contributed by atoms with Gasteiger partial charge in [-0.2, -0.15) is 0 Å². The average molecular weight is 229 g/mol. The number of rotatable bonds is 6. The van der Waals surface area contributed by atoms with Crippen LogP contribution < -0.4 is 5.73 Å². The van der Waals surface area contributed by atoms with Crippen molar-refractivity contribution in [1.82, 2.24) is 0 Å². The van der Waals surface area contributed by atoms with Crippen LogP contribution >= 0.6 is 0 Å². The van der Waals surface area contributed by atoms with Gasteiger partial charge in [0, 0.05) is 18.6 Å². The normalized spacial score (nSPS) is 19.4. The Kier molecular flexibility index (Phi) is 5.77. The van der Waals surface area contributed by atoms with E-state index in [1.165, 1.54) is 26.4 Å². The molecule has 0 bridgehead atoms. The minimum Gasteiger partial charge on any atom is -0.469 e. The smallest absolute Gasteiger partial charge is 0.305 e. The summed E-state index contributed by atoms with van der Waals surface area (Å²) in [5.74, 6) is -0.177. The average Bonchev–Trinajstić information content (AvgIpc) is 2.29. The number of methoxy groups -OCH3 is 1. The zero-order valence-corrected chi connectivity index (χ0v) is 10.2. The van der Waals surface area contributed by atoms with Crippen molar-refractivity contribution >= 4 is 5.97 Å². The zero-order valence-electron chi connectivity index (χ0n) is 10.2. The lowest BCUT2D eigenvalue weighted by atomic mass is 9.83. The van der Waals surface area contributed by atoms with Gasteiger partial charge in [0.2, 0.25) is 0 Å². The Morgan fingerprint density at radius 3 is 2.62 bits per heavy atom. The molecule has 1 rings (SSSR count). The summed E-state index contributed by atoms with van der Waals surface area (Å²) in [6, 6.07) is 0. The summed E-state index contributed by atoms with van der Waals surface area (Å²) in [5.41, 5.74) is 6.09. The molecule has 4 heteroatoms. The first kappa shape index (κ1) is 13.5. The number of carbonyl (C=O) groups is 1. The predicted molar refractivity (Wildman–Crippen MR) is 62.1 cm³/mol. The molecule has 0 unspecified atom stereocenters. The van der Waals surface area contributed by atoms with E-state index >= 15 is 0 Å². The van der Waals surface area contributed by atoms with Crippen molar-refractivity contribution in [1.29, 1.82) is 0 Å². The van der Waals surface area contributed by atoms with Crippen molar-refractivity contribution in [2.75, 3.05) is 20.3 Å². The Hall–Kier alpha value is -0.610. The first-order valence-corrected chi connectivity index (χ1v) is 6.10. The molecule has 0 aromatic heterocycles. The van der Waals surface area contributed by atoms with Gasteiger partial charge in [0.1, 0.15) is 0 Å². The molecule has 0 spiro atoms. The lowest BCUT2D eigenvalue weighted by molar-refractivity contribution is -0.141. The zero-order chi connectivity index (χ0) is 11.9. The fourth-order valence-electron chi connectivity index (χ4n) is 2.10. The fourth-order valence-corrected chi connectivity index (χ4v) is 2.10. The molecule has 2 N–H and O–H groups in total. The van der Waals surface area contributed by atoms with Crippen molar-refractivity contribution in [2.45, 2.75) is 50.5 Å². The summed E-state index contributed by atoms with van der Waals surface area (Å²) in [6.07, 6.45) is 6.97. The quantitative estimate of drug-likeness (QED) is 0.555. The maximum absolute atomic E-state index is 10.8. The number of esters is 1. The maximum atomic E-state index is 10.8. The second kappa shape index (κ2) is 6.86. The Balaban J connectivity index is 2.03. The van der Waals surface area contributed by atoms with Crippen molar-refractivity contribution < 1.29 is 14.3 Å². The van der Waals surface area contributed by atoms with Crippen LogP contribution in [0.15, 0.2) is 0 Å². The van der Waals surface area contributed by atoms with Gasteiger partial charge in [-0.25, -0.2) is 0 Å². The Morgan fingerprint density at radius 2 is 2.00 bits per heavy atom. The Bertz CT molecular complexity index is 212. The van der Waals surface area contributed by atoms with Crippen molar-refractivity contribution in [3.8, 4) is 0 Å². The van der Waals surface area contributed by atoms with Crippen molar-refractivity contribution in [2.24, 2.45) is 5.73 Å². The first-order chi connectivity index (χ1) is 7.66. The van der Waals surface area contributed by atoms with Crippen LogP contribution in [0.5, 0.6) is 0 Å². The highest BCUT2D eigenvalue weighted by Gasteiger charge is 2.27. The molecular weight excluding hydrogens is 206 g/mol. The third-order valence-corrected chi connectivity index (χ3v) is 3.14. The number of carbonyl (C=O) groups excluding carboxylic acids is 1. The molecule has 16 heavy (non-hydrogen) atoms. The second-order valence-electron chi connectivity index (χ2n) is 4.66. The van der Waals surface area contributed by atoms with E-state index in [1.807, 2.05) is 0 Å². The van der Waals surface area contributed by atoms with Gasteiger partial charge in [0.25, 0.3) is 0 Å². The van der Waals surface area contributed by atoms with Gasteiger partial charge in [-0.05, 0) is 19.3 Å². The van der Waals surface area contributed by atoms with Gasteiger partial charge < -0.3 is 15.2 Å². The largest absolute Gasteiger partial charge is 0.469 e. The van der Waals surface area contributed by atoms with Gasteiger partial charge in [-0.15, -0.1) is 0 Å². The lowest BCUT2D eigenvalue weighted by Crippen LogP contribution is -2.46. The number of ether oxygens (including phenoxy) is 2. The van der Waals surface area contributed by atoms with Gasteiger partial charge in [-0.3, -0.25) is 4.79 Å². The second-order valence-corrected chi connectivity index (χ2v) is 4.66. The molecular formula is C12H23NO3. The summed E-state index contributed by atoms with van der Waals surface area (Å²) < 4.78 is 10.1. The van der Waals surface area contributed by atoms with Gasteiger partial charge in [0.15, 0.2) is 0 Å². The molecule has 0 aromatic rings. The van der Waals surface area contributed by atoms with Crippen LogP contribution in [-0.2, 0) is 14.3 Å². The van der Waals surface area contributed by atoms with Crippen molar-refractivity contribution in [3.63, 3.8) is 0 Å². The third-order valence-electron chi connectivity index (χ3n) is 3.14. The lowest BCUT2D eigenvalue weighted by Gasteiger charge is -2.33. The van der Waals surface area contributed by atoms with E-state index in [0.717, 1.165) is 12.8 Å². The first-order valence-electron chi connectivity index (χ1n) is 6.10. The summed E-state index contributed by atoms with van der Waals surface area (Å²) in [5, 5.41) is 0. The SMILES string of the molecule is COC(=O)CCCOCC1(N)CCCCC1. The van der Waals surface area contributed by atoms with E-state index in [-0.39, 0.29) is 11.5 Å². The molecule has 1 aliphatic rings. The van der Waals surface area contributed by atoms with Crippen LogP contribution in [0.1, 0.15) is 44.9 Å². The highest BCUT2D eigenvalue weighted by Crippen LogP contribution is 2.25. The molecule has 0 saturated heterocycles. The number of nitrogens with two attached hydrogens (primary N) is 1. The van der Waals surface area contributed by atoms with E-state index in [1.54, 1.807) is 0 Å². The number of hydrogen-bond donors (Lipinski definition) is 1. The van der Waals surface area contributed by atoms with Crippen LogP contribution in [0.25, 0.3) is 0 Å². The van der Waals surface area contributed by atoms with E-state index in [0.29, 0.717) is 26.1 Å². The number of hydrogen-bond acceptors (Lipinski definition) is 4. The summed E-state index contributed by atoms with van der Waals surface area (Å²) in [4.78, 5) is 10.8. The molecule has 0 amide bonds. The van der Waals surface area contributed by atoms with Crippen LogP contribution in [0.4, 0.5) is 0 Å². The third kappa shape index (κ3) is 4.94. The Labute approximate surface area is 97.5 Å². The molecule has 1 aliphatic carbocycles. The standard InChI is InChI=1S/C12H23NO3/c1-15-11(14)6-5-9-16-10-12(13)7-3-2-4-8-12/h2-10,13H2,1H3. The molecule has 0 aromatic carbocycles. The molecule has 1 saturated carbocycles. The topological polar surface area (TPSA) is 61.5 Å². The molecule has 0 aliphatic heterocycles. The minimum absolute atomic E-state index is 0.122. The summed E-state index contributed by atoms with van der Waals surface area (Å²) in [7, 11) is 1.40. The summed E-state index contributed by atoms with van der Waals surface area (Å²) in [6.45, 7) is 1.21. The van der Waals surface area contributed by atoms with E-state index in [4.69, 9.17) is 10.5 Å². The van der Waals surface area contributed by atoms with Gasteiger partial charge in [0.05, 0.1) is 13.7 Å². The highest BCUT2D eigenvalue weighted by atomic mass is 16.5. The van der Waals surface area contributed by atoms with E-state index in [2.05, 4.69) is 4.74 Å².